The van der Waals surface area contributed by atoms with Gasteiger partial charge < -0.3 is 14.5 Å². The van der Waals surface area contributed by atoms with Crippen LogP contribution in [0.3, 0.4) is 0 Å². The van der Waals surface area contributed by atoms with Gasteiger partial charge in [0.15, 0.2) is 5.82 Å². The van der Waals surface area contributed by atoms with Crippen molar-refractivity contribution in [1.29, 1.82) is 0 Å². The SMILES string of the molecule is Cc1ccc(Cc2nsc(Oc3ccc(C(=O)N4CCN(c5ccccc5Cl)CC4)cc3)n2)cc1. The Balaban J connectivity index is 1.16. The number of aromatic nitrogens is 2. The van der Waals surface area contributed by atoms with E-state index < -0.39 is 0 Å². The summed E-state index contributed by atoms with van der Waals surface area (Å²) >= 11 is 7.55. The van der Waals surface area contributed by atoms with E-state index in [9.17, 15) is 4.79 Å². The molecular formula is C27H25ClN4O2S. The first-order chi connectivity index (χ1) is 17.0. The number of ether oxygens (including phenoxy) is 1. The number of benzene rings is 3. The highest BCUT2D eigenvalue weighted by molar-refractivity contribution is 7.07. The van der Waals surface area contributed by atoms with Crippen LogP contribution in [-0.4, -0.2) is 46.3 Å². The maximum atomic E-state index is 13.0. The van der Waals surface area contributed by atoms with Gasteiger partial charge in [-0.15, -0.1) is 0 Å². The van der Waals surface area contributed by atoms with Crippen molar-refractivity contribution in [2.24, 2.45) is 0 Å². The molecule has 2 heterocycles. The van der Waals surface area contributed by atoms with Crippen molar-refractivity contribution in [2.75, 3.05) is 31.1 Å². The third-order valence-electron chi connectivity index (χ3n) is 6.00. The molecular weight excluding hydrogens is 480 g/mol. The molecule has 4 aromatic rings. The molecule has 0 unspecified atom stereocenters. The minimum absolute atomic E-state index is 0.0201. The van der Waals surface area contributed by atoms with Gasteiger partial charge in [0, 0.05) is 49.7 Å². The highest BCUT2D eigenvalue weighted by Gasteiger charge is 2.23. The van der Waals surface area contributed by atoms with E-state index in [2.05, 4.69) is 45.4 Å². The van der Waals surface area contributed by atoms with Crippen LogP contribution in [0.25, 0.3) is 0 Å². The van der Waals surface area contributed by atoms with Crippen LogP contribution < -0.4 is 9.64 Å². The number of nitrogens with zero attached hydrogens (tertiary/aromatic N) is 4. The van der Waals surface area contributed by atoms with Gasteiger partial charge in [-0.1, -0.05) is 53.6 Å². The lowest BCUT2D eigenvalue weighted by Gasteiger charge is -2.36. The summed E-state index contributed by atoms with van der Waals surface area (Å²) in [6.07, 6.45) is 0.664. The number of carbonyl (C=O) groups excluding carboxylic acids is 1. The van der Waals surface area contributed by atoms with Gasteiger partial charge in [-0.05, 0) is 48.9 Å². The van der Waals surface area contributed by atoms with Gasteiger partial charge in [0.1, 0.15) is 5.75 Å². The molecule has 178 valence electrons. The average molecular weight is 505 g/mol. The fourth-order valence-corrected chi connectivity index (χ4v) is 4.87. The Labute approximate surface area is 213 Å². The molecule has 0 saturated carbocycles. The number of para-hydroxylation sites is 1. The Kier molecular flexibility index (Phi) is 6.97. The molecule has 35 heavy (non-hydrogen) atoms. The summed E-state index contributed by atoms with van der Waals surface area (Å²) in [4.78, 5) is 21.6. The second-order valence-corrected chi connectivity index (χ2v) is 9.62. The molecule has 1 amide bonds. The number of rotatable bonds is 6. The molecule has 1 aliphatic rings. The third kappa shape index (κ3) is 5.63. The highest BCUT2D eigenvalue weighted by atomic mass is 35.5. The van der Waals surface area contributed by atoms with E-state index in [1.807, 2.05) is 29.2 Å². The molecule has 0 N–H and O–H groups in total. The molecule has 1 fully saturated rings. The van der Waals surface area contributed by atoms with Crippen LogP contribution in [0.2, 0.25) is 5.02 Å². The van der Waals surface area contributed by atoms with Crippen molar-refractivity contribution in [3.63, 3.8) is 0 Å². The summed E-state index contributed by atoms with van der Waals surface area (Å²) in [6.45, 7) is 4.86. The van der Waals surface area contributed by atoms with Crippen LogP contribution in [0.5, 0.6) is 10.9 Å². The summed E-state index contributed by atoms with van der Waals surface area (Å²) in [7, 11) is 0. The topological polar surface area (TPSA) is 58.6 Å². The first-order valence-electron chi connectivity index (χ1n) is 11.5. The van der Waals surface area contributed by atoms with Gasteiger partial charge in [-0.2, -0.15) is 9.36 Å². The van der Waals surface area contributed by atoms with Crippen molar-refractivity contribution in [3.8, 4) is 10.9 Å². The van der Waals surface area contributed by atoms with Crippen LogP contribution in [0.4, 0.5) is 5.69 Å². The molecule has 6 nitrogen and oxygen atoms in total. The molecule has 0 aliphatic carbocycles. The van der Waals surface area contributed by atoms with Gasteiger partial charge in [0.25, 0.3) is 11.1 Å². The monoisotopic (exact) mass is 504 g/mol. The van der Waals surface area contributed by atoms with E-state index in [4.69, 9.17) is 16.3 Å². The summed E-state index contributed by atoms with van der Waals surface area (Å²) in [5.74, 6) is 1.38. The number of carbonyl (C=O) groups is 1. The number of piperazine rings is 1. The average Bonchev–Trinajstić information content (AvgIpc) is 3.32. The smallest absolute Gasteiger partial charge is 0.298 e. The molecule has 0 atom stereocenters. The van der Waals surface area contributed by atoms with Crippen LogP contribution in [-0.2, 0) is 6.42 Å². The first-order valence-corrected chi connectivity index (χ1v) is 12.6. The second-order valence-electron chi connectivity index (χ2n) is 8.50. The van der Waals surface area contributed by atoms with Gasteiger partial charge in [0.05, 0.1) is 10.7 Å². The summed E-state index contributed by atoms with van der Waals surface area (Å²) < 4.78 is 10.3. The molecule has 3 aromatic carbocycles. The highest BCUT2D eigenvalue weighted by Crippen LogP contribution is 2.27. The Morgan fingerprint density at radius 1 is 0.971 bits per heavy atom. The summed E-state index contributed by atoms with van der Waals surface area (Å²) in [6, 6.07) is 23.4. The third-order valence-corrected chi connectivity index (χ3v) is 6.95. The number of halogens is 1. The lowest BCUT2D eigenvalue weighted by atomic mass is 10.1. The van der Waals surface area contributed by atoms with Gasteiger partial charge >= 0.3 is 0 Å². The van der Waals surface area contributed by atoms with Crippen molar-refractivity contribution >= 4 is 34.7 Å². The zero-order valence-corrected chi connectivity index (χ0v) is 20.9. The fourth-order valence-electron chi connectivity index (χ4n) is 4.05. The molecule has 0 spiro atoms. The standard InChI is InChI=1S/C27H25ClN4O2S/c1-19-6-8-20(9-7-19)18-25-29-27(35-30-25)34-22-12-10-21(11-13-22)26(33)32-16-14-31(15-17-32)24-5-3-2-4-23(24)28/h2-13H,14-18H2,1H3. The van der Waals surface area contributed by atoms with Crippen molar-refractivity contribution in [1.82, 2.24) is 14.3 Å². The summed E-state index contributed by atoms with van der Waals surface area (Å²) in [5.41, 5.74) is 4.04. The first kappa shape index (κ1) is 23.3. The molecule has 0 bridgehead atoms. The molecule has 8 heteroatoms. The Hall–Kier alpha value is -3.42. The van der Waals surface area contributed by atoms with Crippen LogP contribution in [0.1, 0.15) is 27.3 Å². The zero-order valence-electron chi connectivity index (χ0n) is 19.4. The number of hydrogen-bond acceptors (Lipinski definition) is 6. The molecule has 1 aliphatic heterocycles. The Morgan fingerprint density at radius 2 is 1.69 bits per heavy atom. The zero-order chi connectivity index (χ0) is 24.2. The lowest BCUT2D eigenvalue weighted by molar-refractivity contribution is 0.0747. The largest absolute Gasteiger partial charge is 0.430 e. The minimum atomic E-state index is 0.0201. The van der Waals surface area contributed by atoms with Gasteiger partial charge in [-0.25, -0.2) is 0 Å². The molecule has 1 aromatic heterocycles. The minimum Gasteiger partial charge on any atom is -0.430 e. The Morgan fingerprint density at radius 3 is 2.40 bits per heavy atom. The van der Waals surface area contributed by atoms with E-state index >= 15 is 0 Å². The van der Waals surface area contributed by atoms with Crippen molar-refractivity contribution in [2.45, 2.75) is 13.3 Å². The lowest BCUT2D eigenvalue weighted by Crippen LogP contribution is -2.48. The summed E-state index contributed by atoms with van der Waals surface area (Å²) in [5, 5.41) is 1.22. The normalized spacial score (nSPS) is 13.7. The van der Waals surface area contributed by atoms with Crippen LogP contribution >= 0.6 is 23.1 Å². The number of amides is 1. The van der Waals surface area contributed by atoms with E-state index in [1.54, 1.807) is 24.3 Å². The van der Waals surface area contributed by atoms with Gasteiger partial charge in [-0.3, -0.25) is 4.79 Å². The van der Waals surface area contributed by atoms with Crippen molar-refractivity contribution in [3.05, 3.63) is 100 Å². The van der Waals surface area contributed by atoms with Crippen LogP contribution in [0, 0.1) is 6.92 Å². The number of aryl methyl sites for hydroxylation is 1. The van der Waals surface area contributed by atoms with E-state index in [-0.39, 0.29) is 5.91 Å². The van der Waals surface area contributed by atoms with Gasteiger partial charge in [0.2, 0.25) is 0 Å². The van der Waals surface area contributed by atoms with E-state index in [0.717, 1.165) is 35.2 Å². The second kappa shape index (κ2) is 10.5. The molecule has 1 saturated heterocycles. The van der Waals surface area contributed by atoms with Crippen molar-refractivity contribution < 1.29 is 9.53 Å². The quantitative estimate of drug-likeness (QED) is 0.330. The predicted molar refractivity (Wildman–Crippen MR) is 140 cm³/mol. The Bertz CT molecular complexity index is 1300. The molecule has 0 radical (unpaired) electrons. The van der Waals surface area contributed by atoms with E-state index in [0.29, 0.717) is 36.0 Å². The molecule has 5 rings (SSSR count). The fraction of sp³-hybridized carbons (Fsp3) is 0.222. The number of anilines is 1. The van der Waals surface area contributed by atoms with Crippen LogP contribution in [0.15, 0.2) is 72.8 Å². The number of hydrogen-bond donors (Lipinski definition) is 0. The maximum absolute atomic E-state index is 13.0. The van der Waals surface area contributed by atoms with E-state index in [1.165, 1.54) is 17.1 Å². The predicted octanol–water partition coefficient (Wildman–Crippen LogP) is 5.85. The maximum Gasteiger partial charge on any atom is 0.298 e.